The second-order valence-corrected chi connectivity index (χ2v) is 6.67. The SMILES string of the molecule is CNS(=O)(=O)c1ccc(NCCCCOC(C)C)cc1. The maximum absolute atomic E-state index is 11.6. The van der Waals surface area contributed by atoms with E-state index in [-0.39, 0.29) is 11.0 Å². The Balaban J connectivity index is 2.32. The zero-order valence-electron chi connectivity index (χ0n) is 12.3. The molecule has 6 heteroatoms. The third kappa shape index (κ3) is 5.90. The molecule has 0 radical (unpaired) electrons. The van der Waals surface area contributed by atoms with Gasteiger partial charge < -0.3 is 10.1 Å². The highest BCUT2D eigenvalue weighted by molar-refractivity contribution is 7.89. The van der Waals surface area contributed by atoms with Gasteiger partial charge in [0.1, 0.15) is 0 Å². The lowest BCUT2D eigenvalue weighted by Crippen LogP contribution is -2.18. The molecule has 20 heavy (non-hydrogen) atoms. The Morgan fingerprint density at radius 1 is 1.15 bits per heavy atom. The molecule has 0 aliphatic heterocycles. The van der Waals surface area contributed by atoms with E-state index in [1.807, 2.05) is 13.8 Å². The van der Waals surface area contributed by atoms with Crippen molar-refractivity contribution in [2.45, 2.75) is 37.7 Å². The highest BCUT2D eigenvalue weighted by Crippen LogP contribution is 2.13. The monoisotopic (exact) mass is 300 g/mol. The first-order valence-electron chi connectivity index (χ1n) is 6.85. The summed E-state index contributed by atoms with van der Waals surface area (Å²) in [4.78, 5) is 0.274. The molecule has 0 aliphatic carbocycles. The van der Waals surface area contributed by atoms with Crippen molar-refractivity contribution in [2.24, 2.45) is 0 Å². The van der Waals surface area contributed by atoms with Gasteiger partial charge in [0.25, 0.3) is 0 Å². The third-order valence-electron chi connectivity index (χ3n) is 2.78. The predicted molar refractivity (Wildman–Crippen MR) is 81.5 cm³/mol. The van der Waals surface area contributed by atoms with Crippen LogP contribution in [0.2, 0.25) is 0 Å². The van der Waals surface area contributed by atoms with Gasteiger partial charge in [-0.25, -0.2) is 13.1 Å². The van der Waals surface area contributed by atoms with E-state index in [4.69, 9.17) is 4.74 Å². The minimum Gasteiger partial charge on any atom is -0.385 e. The second-order valence-electron chi connectivity index (χ2n) is 4.79. The first-order valence-corrected chi connectivity index (χ1v) is 8.33. The maximum Gasteiger partial charge on any atom is 0.240 e. The van der Waals surface area contributed by atoms with Crippen LogP contribution >= 0.6 is 0 Å². The Kier molecular flexibility index (Phi) is 6.98. The molecule has 0 fully saturated rings. The molecule has 0 atom stereocenters. The minimum atomic E-state index is -3.35. The summed E-state index contributed by atoms with van der Waals surface area (Å²) in [7, 11) is -1.95. The fourth-order valence-corrected chi connectivity index (χ4v) is 2.38. The lowest BCUT2D eigenvalue weighted by Gasteiger charge is -2.09. The van der Waals surface area contributed by atoms with Crippen LogP contribution in [0.25, 0.3) is 0 Å². The van der Waals surface area contributed by atoms with Crippen LogP contribution in [-0.4, -0.2) is 34.7 Å². The quantitative estimate of drug-likeness (QED) is 0.686. The molecule has 2 N–H and O–H groups in total. The number of anilines is 1. The molecule has 114 valence electrons. The smallest absolute Gasteiger partial charge is 0.240 e. The summed E-state index contributed by atoms with van der Waals surface area (Å²) in [6.45, 7) is 5.68. The average Bonchev–Trinajstić information content (AvgIpc) is 2.43. The van der Waals surface area contributed by atoms with Crippen LogP contribution in [0.1, 0.15) is 26.7 Å². The Morgan fingerprint density at radius 2 is 1.80 bits per heavy atom. The topological polar surface area (TPSA) is 67.4 Å². The molecule has 0 saturated carbocycles. The van der Waals surface area contributed by atoms with Gasteiger partial charge in [0.05, 0.1) is 11.0 Å². The fraction of sp³-hybridized carbons (Fsp3) is 0.571. The number of hydrogen-bond acceptors (Lipinski definition) is 4. The van der Waals surface area contributed by atoms with E-state index >= 15 is 0 Å². The molecule has 0 aliphatic rings. The van der Waals surface area contributed by atoms with Crippen LogP contribution < -0.4 is 10.0 Å². The Bertz CT molecular complexity index is 484. The predicted octanol–water partition coefficient (Wildman–Crippen LogP) is 2.21. The first-order chi connectivity index (χ1) is 9.45. The fourth-order valence-electron chi connectivity index (χ4n) is 1.65. The molecule has 0 heterocycles. The van der Waals surface area contributed by atoms with Crippen LogP contribution in [0.5, 0.6) is 0 Å². The van der Waals surface area contributed by atoms with E-state index < -0.39 is 10.0 Å². The zero-order chi connectivity index (χ0) is 15.0. The van der Waals surface area contributed by atoms with Gasteiger partial charge in [0.15, 0.2) is 0 Å². The molecule has 0 spiro atoms. The maximum atomic E-state index is 11.6. The molecular formula is C14H24N2O3S. The van der Waals surface area contributed by atoms with Gasteiger partial charge in [-0.2, -0.15) is 0 Å². The number of rotatable bonds is 9. The van der Waals surface area contributed by atoms with Crippen molar-refractivity contribution in [1.82, 2.24) is 4.72 Å². The largest absolute Gasteiger partial charge is 0.385 e. The standard InChI is InChI=1S/C14H24N2O3S/c1-12(2)19-11-5-4-10-16-13-6-8-14(9-7-13)20(17,18)15-3/h6-9,12,15-16H,4-5,10-11H2,1-3H3. The Morgan fingerprint density at radius 3 is 2.35 bits per heavy atom. The molecule has 1 aromatic carbocycles. The number of sulfonamides is 1. The van der Waals surface area contributed by atoms with Gasteiger partial charge in [-0.05, 0) is 58.0 Å². The highest BCUT2D eigenvalue weighted by Gasteiger charge is 2.09. The van der Waals surface area contributed by atoms with E-state index in [2.05, 4.69) is 10.0 Å². The van der Waals surface area contributed by atoms with Crippen molar-refractivity contribution in [1.29, 1.82) is 0 Å². The molecule has 0 saturated heterocycles. The van der Waals surface area contributed by atoms with Crippen LogP contribution in [-0.2, 0) is 14.8 Å². The normalized spacial score (nSPS) is 11.8. The second kappa shape index (κ2) is 8.24. The van der Waals surface area contributed by atoms with Gasteiger partial charge in [0, 0.05) is 18.8 Å². The summed E-state index contributed by atoms with van der Waals surface area (Å²) in [5, 5.41) is 3.26. The van der Waals surface area contributed by atoms with Gasteiger partial charge in [0.2, 0.25) is 10.0 Å². The van der Waals surface area contributed by atoms with E-state index in [1.54, 1.807) is 24.3 Å². The molecule has 5 nitrogen and oxygen atoms in total. The number of benzene rings is 1. The molecule has 0 unspecified atom stereocenters. The van der Waals surface area contributed by atoms with Gasteiger partial charge in [-0.1, -0.05) is 0 Å². The summed E-state index contributed by atoms with van der Waals surface area (Å²) >= 11 is 0. The third-order valence-corrected chi connectivity index (χ3v) is 4.21. The van der Waals surface area contributed by atoms with Crippen LogP contribution in [0.3, 0.4) is 0 Å². The number of ether oxygens (including phenoxy) is 1. The number of hydrogen-bond donors (Lipinski definition) is 2. The van der Waals surface area contributed by atoms with Crippen LogP contribution in [0.15, 0.2) is 29.2 Å². The lowest BCUT2D eigenvalue weighted by atomic mass is 10.3. The van der Waals surface area contributed by atoms with Gasteiger partial charge in [-0.15, -0.1) is 0 Å². The first kappa shape index (κ1) is 16.9. The lowest BCUT2D eigenvalue weighted by molar-refractivity contribution is 0.0765. The van der Waals surface area contributed by atoms with Crippen molar-refractivity contribution in [3.63, 3.8) is 0 Å². The van der Waals surface area contributed by atoms with Crippen molar-refractivity contribution in [3.8, 4) is 0 Å². The molecular weight excluding hydrogens is 276 g/mol. The van der Waals surface area contributed by atoms with E-state index in [1.165, 1.54) is 7.05 Å². The molecule has 0 bridgehead atoms. The molecule has 1 rings (SSSR count). The molecule has 0 amide bonds. The van der Waals surface area contributed by atoms with Gasteiger partial charge >= 0.3 is 0 Å². The summed E-state index contributed by atoms with van der Waals surface area (Å²) in [5.41, 5.74) is 0.921. The van der Waals surface area contributed by atoms with E-state index in [9.17, 15) is 8.42 Å². The molecule has 0 aromatic heterocycles. The summed E-state index contributed by atoms with van der Waals surface area (Å²) in [6.07, 6.45) is 2.31. The summed E-state index contributed by atoms with van der Waals surface area (Å²) < 4.78 is 30.9. The highest BCUT2D eigenvalue weighted by atomic mass is 32.2. The minimum absolute atomic E-state index is 0.274. The van der Waals surface area contributed by atoms with Crippen molar-refractivity contribution >= 4 is 15.7 Å². The Labute approximate surface area is 121 Å². The van der Waals surface area contributed by atoms with Crippen molar-refractivity contribution in [2.75, 3.05) is 25.5 Å². The number of unbranched alkanes of at least 4 members (excludes halogenated alkanes) is 1. The number of nitrogens with one attached hydrogen (secondary N) is 2. The van der Waals surface area contributed by atoms with Crippen molar-refractivity contribution in [3.05, 3.63) is 24.3 Å². The van der Waals surface area contributed by atoms with Gasteiger partial charge in [-0.3, -0.25) is 0 Å². The van der Waals surface area contributed by atoms with Crippen LogP contribution in [0.4, 0.5) is 5.69 Å². The van der Waals surface area contributed by atoms with E-state index in [0.717, 1.165) is 31.7 Å². The van der Waals surface area contributed by atoms with E-state index in [0.29, 0.717) is 0 Å². The summed E-state index contributed by atoms with van der Waals surface area (Å²) in [6, 6.07) is 6.73. The van der Waals surface area contributed by atoms with Crippen molar-refractivity contribution < 1.29 is 13.2 Å². The summed E-state index contributed by atoms with van der Waals surface area (Å²) in [5.74, 6) is 0. The molecule has 1 aromatic rings. The Hall–Kier alpha value is -1.11. The zero-order valence-corrected chi connectivity index (χ0v) is 13.2. The average molecular weight is 300 g/mol. The van der Waals surface area contributed by atoms with Crippen LogP contribution in [0, 0.1) is 0 Å².